The number of nitrogens with one attached hydrogen (secondary N) is 1. The Kier molecular flexibility index (Phi) is 7.35. The summed E-state index contributed by atoms with van der Waals surface area (Å²) < 4.78 is 11.7. The molecule has 3 unspecified atom stereocenters. The molecule has 1 saturated heterocycles. The van der Waals surface area contributed by atoms with Crippen LogP contribution < -0.4 is 5.32 Å². The zero-order valence-corrected chi connectivity index (χ0v) is 15.9. The molecular formula is C18H33ClN2O3. The molecule has 0 aromatic carbocycles. The highest BCUT2D eigenvalue weighted by molar-refractivity contribution is 5.85. The Bertz CT molecular complexity index is 409. The molecular weight excluding hydrogens is 328 g/mol. The SMILES string of the molecule is CCCN(C(=O)C1CNCCO1)C1CC(OCC)C12CCCC2.Cl. The number of rotatable bonds is 6. The van der Waals surface area contributed by atoms with Crippen molar-refractivity contribution in [3.63, 3.8) is 0 Å². The van der Waals surface area contributed by atoms with E-state index in [1.165, 1.54) is 25.7 Å². The van der Waals surface area contributed by atoms with E-state index in [0.717, 1.165) is 32.5 Å². The van der Waals surface area contributed by atoms with Gasteiger partial charge in [0.2, 0.25) is 0 Å². The molecule has 3 atom stereocenters. The van der Waals surface area contributed by atoms with E-state index in [1.54, 1.807) is 0 Å². The second-order valence-corrected chi connectivity index (χ2v) is 7.23. The third-order valence-electron chi connectivity index (χ3n) is 5.97. The fourth-order valence-corrected chi connectivity index (χ4v) is 4.86. The molecule has 5 nitrogen and oxygen atoms in total. The molecule has 24 heavy (non-hydrogen) atoms. The van der Waals surface area contributed by atoms with Crippen LogP contribution in [0.5, 0.6) is 0 Å². The average Bonchev–Trinajstić information content (AvgIpc) is 3.10. The number of halogens is 1. The Morgan fingerprint density at radius 3 is 2.67 bits per heavy atom. The van der Waals surface area contributed by atoms with Gasteiger partial charge in [-0.25, -0.2) is 0 Å². The highest BCUT2D eigenvalue weighted by Gasteiger charge is 2.59. The first-order chi connectivity index (χ1) is 11.2. The number of carbonyl (C=O) groups is 1. The number of nitrogens with zero attached hydrogens (tertiary/aromatic N) is 1. The first-order valence-electron chi connectivity index (χ1n) is 9.47. The fourth-order valence-electron chi connectivity index (χ4n) is 4.86. The van der Waals surface area contributed by atoms with E-state index in [-0.39, 0.29) is 29.8 Å². The predicted molar refractivity (Wildman–Crippen MR) is 96.6 cm³/mol. The van der Waals surface area contributed by atoms with E-state index >= 15 is 0 Å². The van der Waals surface area contributed by atoms with Crippen molar-refractivity contribution in [3.8, 4) is 0 Å². The number of hydrogen-bond acceptors (Lipinski definition) is 4. The van der Waals surface area contributed by atoms with Crippen LogP contribution in [0.4, 0.5) is 0 Å². The summed E-state index contributed by atoms with van der Waals surface area (Å²) in [6.45, 7) is 7.96. The number of amides is 1. The second kappa shape index (κ2) is 8.84. The molecule has 1 aliphatic heterocycles. The maximum Gasteiger partial charge on any atom is 0.253 e. The molecule has 3 aliphatic rings. The summed E-state index contributed by atoms with van der Waals surface area (Å²) in [6, 6.07) is 0.347. The summed E-state index contributed by atoms with van der Waals surface area (Å²) >= 11 is 0. The Labute approximate surface area is 152 Å². The fraction of sp³-hybridized carbons (Fsp3) is 0.944. The minimum Gasteiger partial charge on any atom is -0.378 e. The molecule has 0 bridgehead atoms. The van der Waals surface area contributed by atoms with Gasteiger partial charge >= 0.3 is 0 Å². The highest BCUT2D eigenvalue weighted by Crippen LogP contribution is 2.56. The van der Waals surface area contributed by atoms with Gasteiger partial charge in [0.15, 0.2) is 0 Å². The van der Waals surface area contributed by atoms with Crippen molar-refractivity contribution in [2.24, 2.45) is 5.41 Å². The topological polar surface area (TPSA) is 50.8 Å². The normalized spacial score (nSPS) is 31.3. The smallest absolute Gasteiger partial charge is 0.253 e. The van der Waals surface area contributed by atoms with Crippen LogP contribution in [-0.2, 0) is 14.3 Å². The molecule has 0 aromatic rings. The molecule has 1 spiro atoms. The van der Waals surface area contributed by atoms with Crippen LogP contribution >= 0.6 is 12.4 Å². The van der Waals surface area contributed by atoms with Crippen molar-refractivity contribution < 1.29 is 14.3 Å². The summed E-state index contributed by atoms with van der Waals surface area (Å²) in [4.78, 5) is 15.2. The van der Waals surface area contributed by atoms with Crippen molar-refractivity contribution in [1.29, 1.82) is 0 Å². The number of ether oxygens (including phenoxy) is 2. The summed E-state index contributed by atoms with van der Waals surface area (Å²) in [5.74, 6) is 0.185. The summed E-state index contributed by atoms with van der Waals surface area (Å²) in [6.07, 6.45) is 7.00. The zero-order valence-electron chi connectivity index (χ0n) is 15.1. The molecule has 1 amide bonds. The molecule has 6 heteroatoms. The summed E-state index contributed by atoms with van der Waals surface area (Å²) in [5, 5.41) is 3.28. The molecule has 0 radical (unpaired) electrons. The molecule has 1 N–H and O–H groups in total. The second-order valence-electron chi connectivity index (χ2n) is 7.23. The van der Waals surface area contributed by atoms with Crippen LogP contribution in [0, 0.1) is 5.41 Å². The van der Waals surface area contributed by atoms with Crippen LogP contribution in [0.25, 0.3) is 0 Å². The van der Waals surface area contributed by atoms with Crippen LogP contribution in [0.1, 0.15) is 52.4 Å². The Balaban J connectivity index is 0.00000208. The Morgan fingerprint density at radius 1 is 1.33 bits per heavy atom. The first kappa shape index (κ1) is 20.0. The Hall–Kier alpha value is -0.360. The van der Waals surface area contributed by atoms with Gasteiger partial charge in [-0.1, -0.05) is 19.8 Å². The molecule has 140 valence electrons. The molecule has 3 rings (SSSR count). The van der Waals surface area contributed by atoms with E-state index in [1.807, 2.05) is 0 Å². The van der Waals surface area contributed by atoms with E-state index in [2.05, 4.69) is 24.1 Å². The van der Waals surface area contributed by atoms with E-state index in [9.17, 15) is 4.79 Å². The largest absolute Gasteiger partial charge is 0.378 e. The minimum atomic E-state index is -0.306. The lowest BCUT2D eigenvalue weighted by Crippen LogP contribution is -2.66. The van der Waals surface area contributed by atoms with Crippen molar-refractivity contribution in [2.45, 2.75) is 70.6 Å². The molecule has 0 aromatic heterocycles. The quantitative estimate of drug-likeness (QED) is 0.790. The van der Waals surface area contributed by atoms with Gasteiger partial charge in [0.1, 0.15) is 6.10 Å². The van der Waals surface area contributed by atoms with Crippen molar-refractivity contribution in [3.05, 3.63) is 0 Å². The number of hydrogen-bond donors (Lipinski definition) is 1. The number of carbonyl (C=O) groups excluding carboxylic acids is 1. The molecule has 3 fully saturated rings. The van der Waals surface area contributed by atoms with Gasteiger partial charge in [-0.05, 0) is 32.6 Å². The van der Waals surface area contributed by atoms with E-state index in [4.69, 9.17) is 9.47 Å². The lowest BCUT2D eigenvalue weighted by Gasteiger charge is -2.58. The maximum atomic E-state index is 13.0. The van der Waals surface area contributed by atoms with Crippen LogP contribution in [0.15, 0.2) is 0 Å². The Morgan fingerprint density at radius 2 is 2.08 bits per heavy atom. The van der Waals surface area contributed by atoms with Crippen molar-refractivity contribution in [1.82, 2.24) is 10.2 Å². The van der Waals surface area contributed by atoms with Gasteiger partial charge in [-0.3, -0.25) is 4.79 Å². The monoisotopic (exact) mass is 360 g/mol. The van der Waals surface area contributed by atoms with Crippen LogP contribution in [0.3, 0.4) is 0 Å². The summed E-state index contributed by atoms with van der Waals surface area (Å²) in [7, 11) is 0. The predicted octanol–water partition coefficient (Wildman–Crippen LogP) is 2.37. The van der Waals surface area contributed by atoms with Gasteiger partial charge in [0.25, 0.3) is 5.91 Å². The van der Waals surface area contributed by atoms with Gasteiger partial charge < -0.3 is 19.7 Å². The van der Waals surface area contributed by atoms with Gasteiger partial charge in [0, 0.05) is 37.7 Å². The maximum absolute atomic E-state index is 13.0. The molecule has 1 heterocycles. The van der Waals surface area contributed by atoms with Gasteiger partial charge in [-0.15, -0.1) is 12.4 Å². The van der Waals surface area contributed by atoms with E-state index < -0.39 is 0 Å². The lowest BCUT2D eigenvalue weighted by atomic mass is 9.59. The van der Waals surface area contributed by atoms with Gasteiger partial charge in [0.05, 0.1) is 12.7 Å². The van der Waals surface area contributed by atoms with E-state index in [0.29, 0.717) is 25.3 Å². The minimum absolute atomic E-state index is 0. The molecule has 2 saturated carbocycles. The van der Waals surface area contributed by atoms with Crippen molar-refractivity contribution >= 4 is 18.3 Å². The third-order valence-corrected chi connectivity index (χ3v) is 5.97. The van der Waals surface area contributed by atoms with Crippen LogP contribution in [-0.4, -0.2) is 61.9 Å². The summed E-state index contributed by atoms with van der Waals surface area (Å²) in [5.41, 5.74) is 0.211. The van der Waals surface area contributed by atoms with Gasteiger partial charge in [-0.2, -0.15) is 0 Å². The zero-order chi connectivity index (χ0) is 16.3. The first-order valence-corrected chi connectivity index (χ1v) is 9.47. The standard InChI is InChI=1S/C18H32N2O3.ClH/c1-3-10-20(17(21)14-13-19-9-11-23-14)15-12-16(22-4-2)18(15)7-5-6-8-18;/h14-16,19H,3-13H2,1-2H3;1H. The lowest BCUT2D eigenvalue weighted by molar-refractivity contribution is -0.183. The number of morpholine rings is 1. The average molecular weight is 361 g/mol. The van der Waals surface area contributed by atoms with Crippen molar-refractivity contribution in [2.75, 3.05) is 32.8 Å². The third kappa shape index (κ3) is 3.59. The molecule has 2 aliphatic carbocycles. The highest BCUT2D eigenvalue weighted by atomic mass is 35.5. The van der Waals surface area contributed by atoms with Crippen LogP contribution in [0.2, 0.25) is 0 Å².